The van der Waals surface area contributed by atoms with Crippen molar-refractivity contribution in [3.05, 3.63) is 58.7 Å². The maximum Gasteiger partial charge on any atom is 0.223 e. The topological polar surface area (TPSA) is 55.1 Å². The third-order valence-corrected chi connectivity index (χ3v) is 6.74. The lowest BCUT2D eigenvalue weighted by molar-refractivity contribution is 0.744. The molecule has 0 bridgehead atoms. The molecule has 0 aliphatic heterocycles. The van der Waals surface area contributed by atoms with Crippen molar-refractivity contribution < 1.29 is 0 Å². The fourth-order valence-corrected chi connectivity index (χ4v) is 5.16. The Morgan fingerprint density at radius 1 is 1.06 bits per heavy atom. The van der Waals surface area contributed by atoms with Gasteiger partial charge in [-0.15, -0.1) is 11.8 Å². The van der Waals surface area contributed by atoms with Crippen molar-refractivity contribution in [3.63, 3.8) is 0 Å². The lowest BCUT2D eigenvalue weighted by atomic mass is 10.0. The first kappa shape index (κ1) is 20.6. The van der Waals surface area contributed by atoms with Crippen LogP contribution in [0.5, 0.6) is 0 Å². The lowest BCUT2D eigenvalue weighted by Gasteiger charge is -2.12. The van der Waals surface area contributed by atoms with Crippen molar-refractivity contribution in [2.75, 3.05) is 11.6 Å². The molecule has 0 amide bonds. The second kappa shape index (κ2) is 8.69. The summed E-state index contributed by atoms with van der Waals surface area (Å²) in [6.07, 6.45) is 8.63. The highest BCUT2D eigenvalue weighted by molar-refractivity contribution is 7.98. The molecule has 1 aliphatic carbocycles. The van der Waals surface area contributed by atoms with Crippen LogP contribution in [0.3, 0.4) is 0 Å². The average molecular weight is 470 g/mol. The predicted octanol–water partition coefficient (Wildman–Crippen LogP) is 6.84. The summed E-state index contributed by atoms with van der Waals surface area (Å²) in [5.74, 6) is 0.646. The molecule has 0 saturated heterocycles. The van der Waals surface area contributed by atoms with E-state index in [9.17, 15) is 0 Å². The minimum atomic E-state index is 0.434. The smallest absolute Gasteiger partial charge is 0.223 e. The SMILES string of the molecule is CSc1cc(Cl)cc2c(-c3ccnc(NC4CCCC4)n3)c(-c3cccc(Cl)c3)nn12. The van der Waals surface area contributed by atoms with Crippen LogP contribution in [0.15, 0.2) is 53.7 Å². The van der Waals surface area contributed by atoms with Crippen molar-refractivity contribution in [1.82, 2.24) is 19.6 Å². The van der Waals surface area contributed by atoms with Gasteiger partial charge in [0.1, 0.15) is 5.69 Å². The van der Waals surface area contributed by atoms with Gasteiger partial charge in [-0.25, -0.2) is 14.5 Å². The van der Waals surface area contributed by atoms with Gasteiger partial charge in [-0.05, 0) is 49.4 Å². The van der Waals surface area contributed by atoms with Gasteiger partial charge in [0.25, 0.3) is 0 Å². The number of rotatable bonds is 5. The number of halogens is 2. The number of aromatic nitrogens is 4. The molecule has 5 rings (SSSR count). The minimum Gasteiger partial charge on any atom is -0.351 e. The van der Waals surface area contributed by atoms with Crippen LogP contribution in [-0.4, -0.2) is 31.9 Å². The molecular weight excluding hydrogens is 449 g/mol. The number of fused-ring (bicyclic) bond motifs is 1. The molecule has 4 aromatic rings. The molecule has 1 saturated carbocycles. The van der Waals surface area contributed by atoms with E-state index in [0.29, 0.717) is 22.0 Å². The zero-order valence-electron chi connectivity index (χ0n) is 17.0. The zero-order chi connectivity index (χ0) is 21.4. The van der Waals surface area contributed by atoms with Crippen molar-refractivity contribution in [2.45, 2.75) is 36.8 Å². The number of hydrogen-bond acceptors (Lipinski definition) is 5. The molecular formula is C23H21Cl2N5S. The molecule has 0 spiro atoms. The Balaban J connectivity index is 1.71. The summed E-state index contributed by atoms with van der Waals surface area (Å²) in [5, 5.41) is 10.7. The Kier molecular flexibility index (Phi) is 5.78. The van der Waals surface area contributed by atoms with Crippen molar-refractivity contribution in [3.8, 4) is 22.5 Å². The Morgan fingerprint density at radius 3 is 2.68 bits per heavy atom. The molecule has 0 atom stereocenters. The third kappa shape index (κ3) is 4.12. The number of hydrogen-bond donors (Lipinski definition) is 1. The van der Waals surface area contributed by atoms with E-state index in [2.05, 4.69) is 10.3 Å². The fraction of sp³-hybridized carbons (Fsp3) is 0.261. The molecule has 3 aromatic heterocycles. The van der Waals surface area contributed by atoms with E-state index in [4.69, 9.17) is 33.3 Å². The number of thioether (sulfide) groups is 1. The van der Waals surface area contributed by atoms with E-state index in [-0.39, 0.29) is 0 Å². The zero-order valence-corrected chi connectivity index (χ0v) is 19.3. The van der Waals surface area contributed by atoms with Crippen LogP contribution in [0.2, 0.25) is 10.0 Å². The molecule has 1 aromatic carbocycles. The molecule has 31 heavy (non-hydrogen) atoms. The predicted molar refractivity (Wildman–Crippen MR) is 129 cm³/mol. The quantitative estimate of drug-likeness (QED) is 0.324. The Labute approximate surface area is 195 Å². The molecule has 8 heteroatoms. The molecule has 5 nitrogen and oxygen atoms in total. The first-order chi connectivity index (χ1) is 15.1. The summed E-state index contributed by atoms with van der Waals surface area (Å²) in [4.78, 5) is 9.32. The van der Waals surface area contributed by atoms with E-state index in [1.165, 1.54) is 12.8 Å². The van der Waals surface area contributed by atoms with Crippen molar-refractivity contribution in [1.29, 1.82) is 0 Å². The van der Waals surface area contributed by atoms with Crippen LogP contribution in [0.1, 0.15) is 25.7 Å². The minimum absolute atomic E-state index is 0.434. The van der Waals surface area contributed by atoms with Gasteiger partial charge in [-0.1, -0.05) is 48.2 Å². The van der Waals surface area contributed by atoms with Gasteiger partial charge >= 0.3 is 0 Å². The van der Waals surface area contributed by atoms with E-state index < -0.39 is 0 Å². The van der Waals surface area contributed by atoms with Gasteiger partial charge < -0.3 is 5.32 Å². The molecule has 158 valence electrons. The fourth-order valence-electron chi connectivity index (χ4n) is 4.14. The van der Waals surface area contributed by atoms with Gasteiger partial charge in [-0.3, -0.25) is 0 Å². The van der Waals surface area contributed by atoms with Crippen LogP contribution in [0.25, 0.3) is 28.0 Å². The van der Waals surface area contributed by atoms with Crippen LogP contribution in [-0.2, 0) is 0 Å². The molecule has 0 unspecified atom stereocenters. The number of pyridine rings is 1. The number of benzene rings is 1. The van der Waals surface area contributed by atoms with Crippen molar-refractivity contribution in [2.24, 2.45) is 0 Å². The van der Waals surface area contributed by atoms with Crippen LogP contribution < -0.4 is 5.32 Å². The van der Waals surface area contributed by atoms with Gasteiger partial charge in [0.05, 0.1) is 21.8 Å². The molecule has 1 N–H and O–H groups in total. The monoisotopic (exact) mass is 469 g/mol. The van der Waals surface area contributed by atoms with E-state index in [1.807, 2.05) is 53.2 Å². The number of nitrogens with one attached hydrogen (secondary N) is 1. The molecule has 1 aliphatic rings. The van der Waals surface area contributed by atoms with Crippen LogP contribution in [0.4, 0.5) is 5.95 Å². The Hall–Kier alpha value is -2.28. The molecule has 0 radical (unpaired) electrons. The first-order valence-corrected chi connectivity index (χ1v) is 12.2. The number of nitrogens with zero attached hydrogens (tertiary/aromatic N) is 4. The highest BCUT2D eigenvalue weighted by atomic mass is 35.5. The number of anilines is 1. The van der Waals surface area contributed by atoms with Crippen LogP contribution in [0, 0.1) is 0 Å². The van der Waals surface area contributed by atoms with E-state index in [0.717, 1.165) is 45.9 Å². The third-order valence-electron chi connectivity index (χ3n) is 5.57. The van der Waals surface area contributed by atoms with Gasteiger partial charge in [-0.2, -0.15) is 5.10 Å². The lowest BCUT2D eigenvalue weighted by Crippen LogP contribution is -2.16. The summed E-state index contributed by atoms with van der Waals surface area (Å²) in [6, 6.07) is 13.9. The average Bonchev–Trinajstić information content (AvgIpc) is 3.41. The summed E-state index contributed by atoms with van der Waals surface area (Å²) in [6.45, 7) is 0. The normalized spacial score (nSPS) is 14.4. The highest BCUT2D eigenvalue weighted by Gasteiger charge is 2.21. The first-order valence-electron chi connectivity index (χ1n) is 10.2. The van der Waals surface area contributed by atoms with Crippen LogP contribution >= 0.6 is 35.0 Å². The summed E-state index contributed by atoms with van der Waals surface area (Å²) < 4.78 is 1.92. The Bertz CT molecular complexity index is 1250. The molecule has 3 heterocycles. The van der Waals surface area contributed by atoms with Gasteiger partial charge in [0, 0.05) is 27.8 Å². The largest absolute Gasteiger partial charge is 0.351 e. The summed E-state index contributed by atoms with van der Waals surface area (Å²) in [5.41, 5.74) is 4.35. The maximum atomic E-state index is 6.47. The Morgan fingerprint density at radius 2 is 1.90 bits per heavy atom. The van der Waals surface area contributed by atoms with E-state index >= 15 is 0 Å². The second-order valence-corrected chi connectivity index (χ2v) is 9.34. The summed E-state index contributed by atoms with van der Waals surface area (Å²) >= 11 is 14.4. The second-order valence-electron chi connectivity index (χ2n) is 7.64. The highest BCUT2D eigenvalue weighted by Crippen LogP contribution is 2.38. The van der Waals surface area contributed by atoms with E-state index in [1.54, 1.807) is 18.0 Å². The summed E-state index contributed by atoms with van der Waals surface area (Å²) in [7, 11) is 0. The van der Waals surface area contributed by atoms with Gasteiger partial charge in [0.2, 0.25) is 5.95 Å². The standard InChI is InChI=1S/C23H21Cl2N5S/c1-31-20-13-16(25)12-19-21(22(29-30(19)20)14-5-4-6-15(24)11-14)18-9-10-26-23(28-18)27-17-7-2-3-8-17/h4-6,9-13,17H,2-3,7-8H2,1H3,(H,26,27,28). The van der Waals surface area contributed by atoms with Crippen molar-refractivity contribution >= 4 is 46.4 Å². The van der Waals surface area contributed by atoms with Gasteiger partial charge in [0.15, 0.2) is 0 Å². The molecule has 1 fully saturated rings. The maximum absolute atomic E-state index is 6.47.